The zero-order chi connectivity index (χ0) is 31.0. The Kier molecular flexibility index (Phi) is 6.65. The third-order valence-corrected chi connectivity index (χ3v) is 10.6. The lowest BCUT2D eigenvalue weighted by Gasteiger charge is -2.49. The summed E-state index contributed by atoms with van der Waals surface area (Å²) in [6.07, 6.45) is 4.49. The van der Waals surface area contributed by atoms with Crippen LogP contribution in [0.15, 0.2) is 73.1 Å². The van der Waals surface area contributed by atoms with Crippen LogP contribution in [-0.4, -0.2) is 35.0 Å². The molecule has 6 aromatic rings. The Morgan fingerprint density at radius 2 is 1.61 bits per heavy atom. The second-order valence-corrected chi connectivity index (χ2v) is 14.5. The first-order chi connectivity index (χ1) is 21.0. The monoisotopic (exact) mass is 586 g/mol. The van der Waals surface area contributed by atoms with Crippen molar-refractivity contribution in [2.75, 3.05) is 20.3 Å². The van der Waals surface area contributed by atoms with Crippen LogP contribution in [-0.2, 0) is 29.2 Å². The summed E-state index contributed by atoms with van der Waals surface area (Å²) in [6.45, 7) is 12.3. The first-order valence-electron chi connectivity index (χ1n) is 15.9. The van der Waals surface area contributed by atoms with Gasteiger partial charge in [-0.3, -0.25) is 0 Å². The molecule has 0 amide bonds. The number of ether oxygens (including phenoxy) is 1. The lowest BCUT2D eigenvalue weighted by molar-refractivity contribution is -0.767. The van der Waals surface area contributed by atoms with Crippen molar-refractivity contribution in [1.29, 1.82) is 0 Å². The van der Waals surface area contributed by atoms with Crippen LogP contribution in [0, 0.1) is 5.41 Å². The molecule has 2 unspecified atom stereocenters. The number of fused-ring (bicyclic) bond motifs is 11. The standard InChI is InChI=1S/C39H44N3O2/c1-37(2,3)23-26-12-10-14-29-27(26)17-18-31-32(29)35-36-33(30-16-15-25-11-8-9-13-28(25)34(30)41(36)6)40-24-42(35)39(5,20-22-44-7)38(31,4)19-21-43/h8-18,24,43H,19-23H2,1-7H3/q+1. The molecule has 1 aliphatic heterocycles. The summed E-state index contributed by atoms with van der Waals surface area (Å²) >= 11 is 0. The Labute approximate surface area is 260 Å². The van der Waals surface area contributed by atoms with Crippen molar-refractivity contribution < 1.29 is 14.4 Å². The fraction of sp³-hybridized carbons (Fsp3) is 0.385. The summed E-state index contributed by atoms with van der Waals surface area (Å²) in [6, 6.07) is 24.6. The number of aliphatic hydroxyl groups excluding tert-OH is 1. The van der Waals surface area contributed by atoms with Crippen LogP contribution >= 0.6 is 0 Å². The fourth-order valence-electron chi connectivity index (χ4n) is 8.25. The van der Waals surface area contributed by atoms with Crippen LogP contribution in [0.3, 0.4) is 0 Å². The van der Waals surface area contributed by atoms with Crippen molar-refractivity contribution in [2.45, 2.75) is 64.8 Å². The number of benzene rings is 4. The Morgan fingerprint density at radius 1 is 0.864 bits per heavy atom. The van der Waals surface area contributed by atoms with E-state index < -0.39 is 5.54 Å². The molecular formula is C39H44N3O2+. The van der Waals surface area contributed by atoms with Crippen LogP contribution in [0.5, 0.6) is 0 Å². The highest BCUT2D eigenvalue weighted by molar-refractivity contribution is 6.19. The number of hydrogen-bond donors (Lipinski definition) is 1. The normalized spacial score (nSPS) is 20.1. The van der Waals surface area contributed by atoms with Gasteiger partial charge in [0.05, 0.1) is 17.5 Å². The van der Waals surface area contributed by atoms with E-state index in [1.54, 1.807) is 7.11 Å². The Hall–Kier alpha value is -3.80. The quantitative estimate of drug-likeness (QED) is 0.201. The smallest absolute Gasteiger partial charge is 0.287 e. The van der Waals surface area contributed by atoms with Crippen molar-refractivity contribution in [3.05, 3.63) is 84.2 Å². The van der Waals surface area contributed by atoms with E-state index in [1.165, 1.54) is 54.8 Å². The van der Waals surface area contributed by atoms with Gasteiger partial charge in [0, 0.05) is 43.5 Å². The molecule has 0 bridgehead atoms. The van der Waals surface area contributed by atoms with E-state index in [1.807, 2.05) is 0 Å². The first-order valence-corrected chi connectivity index (χ1v) is 15.9. The van der Waals surface area contributed by atoms with Crippen molar-refractivity contribution in [3.63, 3.8) is 0 Å². The molecule has 3 heterocycles. The number of nitrogens with zero attached hydrogens (tertiary/aromatic N) is 3. The van der Waals surface area contributed by atoms with E-state index >= 15 is 0 Å². The molecule has 5 nitrogen and oxygen atoms in total. The number of aryl methyl sites for hydroxylation is 1. The molecule has 4 aromatic carbocycles. The number of aliphatic hydroxyl groups is 1. The van der Waals surface area contributed by atoms with Gasteiger partial charge in [-0.25, -0.2) is 4.57 Å². The van der Waals surface area contributed by atoms with Crippen molar-refractivity contribution >= 4 is 43.5 Å². The number of rotatable bonds is 6. The summed E-state index contributed by atoms with van der Waals surface area (Å²) in [7, 11) is 3.97. The van der Waals surface area contributed by atoms with Gasteiger partial charge in [-0.05, 0) is 63.5 Å². The lowest BCUT2D eigenvalue weighted by Crippen LogP contribution is -2.68. The van der Waals surface area contributed by atoms with Gasteiger partial charge in [-0.15, -0.1) is 0 Å². The van der Waals surface area contributed by atoms with Crippen molar-refractivity contribution in [3.8, 4) is 11.3 Å². The highest BCUT2D eigenvalue weighted by Crippen LogP contribution is 2.53. The Morgan fingerprint density at radius 3 is 2.36 bits per heavy atom. The predicted molar refractivity (Wildman–Crippen MR) is 181 cm³/mol. The minimum Gasteiger partial charge on any atom is -0.396 e. The van der Waals surface area contributed by atoms with E-state index in [2.05, 4.69) is 124 Å². The van der Waals surface area contributed by atoms with E-state index in [-0.39, 0.29) is 17.4 Å². The summed E-state index contributed by atoms with van der Waals surface area (Å²) in [4.78, 5) is 5.24. The Bertz CT molecular complexity index is 2090. The molecule has 5 heteroatoms. The SMILES string of the molecule is COCCC1(C)[n+]2cnc3c4ccc5ccccc5c4n(C)c3c2-c2c(ccc3c(CC(C)(C)C)cccc23)C1(C)CCO. The molecule has 7 rings (SSSR count). The second kappa shape index (κ2) is 10.1. The van der Waals surface area contributed by atoms with Gasteiger partial charge >= 0.3 is 0 Å². The van der Waals surface area contributed by atoms with E-state index in [4.69, 9.17) is 9.72 Å². The van der Waals surface area contributed by atoms with Gasteiger partial charge < -0.3 is 14.4 Å². The minimum atomic E-state index is -0.398. The molecular weight excluding hydrogens is 542 g/mol. The zero-order valence-electron chi connectivity index (χ0n) is 27.2. The maximum absolute atomic E-state index is 10.6. The third kappa shape index (κ3) is 3.98. The number of methoxy groups -OCH3 is 1. The largest absolute Gasteiger partial charge is 0.396 e. The van der Waals surface area contributed by atoms with Crippen molar-refractivity contribution in [2.24, 2.45) is 12.5 Å². The maximum atomic E-state index is 10.6. The molecule has 0 saturated heterocycles. The van der Waals surface area contributed by atoms with Gasteiger partial charge in [0.2, 0.25) is 5.52 Å². The second-order valence-electron chi connectivity index (χ2n) is 14.5. The first kappa shape index (κ1) is 28.9. The highest BCUT2D eigenvalue weighted by Gasteiger charge is 2.56. The van der Waals surface area contributed by atoms with E-state index in [0.717, 1.165) is 23.9 Å². The Balaban J connectivity index is 1.69. The highest BCUT2D eigenvalue weighted by atomic mass is 16.5. The van der Waals surface area contributed by atoms with Gasteiger partial charge in [-0.1, -0.05) is 88.4 Å². The molecule has 1 N–H and O–H groups in total. The molecule has 0 aliphatic carbocycles. The van der Waals surface area contributed by atoms with Crippen LogP contribution < -0.4 is 4.57 Å². The zero-order valence-corrected chi connectivity index (χ0v) is 27.2. The molecule has 2 atom stereocenters. The fourth-order valence-corrected chi connectivity index (χ4v) is 8.25. The van der Waals surface area contributed by atoms with Crippen LogP contribution in [0.1, 0.15) is 58.6 Å². The molecule has 0 fully saturated rings. The van der Waals surface area contributed by atoms with Gasteiger partial charge in [0.15, 0.2) is 5.69 Å². The topological polar surface area (TPSA) is 51.2 Å². The lowest BCUT2D eigenvalue weighted by atomic mass is 9.60. The summed E-state index contributed by atoms with van der Waals surface area (Å²) in [5, 5.41) is 16.7. The maximum Gasteiger partial charge on any atom is 0.287 e. The summed E-state index contributed by atoms with van der Waals surface area (Å²) in [5.74, 6) is 0. The van der Waals surface area contributed by atoms with E-state index in [9.17, 15) is 5.11 Å². The summed E-state index contributed by atoms with van der Waals surface area (Å²) < 4.78 is 10.5. The van der Waals surface area contributed by atoms with Crippen molar-refractivity contribution in [1.82, 2.24) is 9.55 Å². The van der Waals surface area contributed by atoms with Gasteiger partial charge in [0.1, 0.15) is 11.1 Å². The van der Waals surface area contributed by atoms with E-state index in [0.29, 0.717) is 13.0 Å². The van der Waals surface area contributed by atoms with Crippen LogP contribution in [0.4, 0.5) is 0 Å². The number of hydrogen-bond acceptors (Lipinski definition) is 3. The third-order valence-electron chi connectivity index (χ3n) is 10.6. The molecule has 226 valence electrons. The molecule has 1 aliphatic rings. The van der Waals surface area contributed by atoms with Crippen LogP contribution in [0.2, 0.25) is 0 Å². The average Bonchev–Trinajstić information content (AvgIpc) is 3.30. The average molecular weight is 587 g/mol. The molecule has 0 saturated carbocycles. The van der Waals surface area contributed by atoms with Gasteiger partial charge in [0.25, 0.3) is 6.33 Å². The predicted octanol–water partition coefficient (Wildman–Crippen LogP) is 7.98. The summed E-state index contributed by atoms with van der Waals surface area (Å²) in [5.41, 5.74) is 7.87. The van der Waals surface area contributed by atoms with Gasteiger partial charge in [-0.2, -0.15) is 0 Å². The van der Waals surface area contributed by atoms with Crippen LogP contribution in [0.25, 0.3) is 54.7 Å². The number of aromatic nitrogens is 3. The molecule has 0 spiro atoms. The molecule has 2 aromatic heterocycles. The minimum absolute atomic E-state index is 0.103. The molecule has 44 heavy (non-hydrogen) atoms. The molecule has 0 radical (unpaired) electrons.